The third-order valence-electron chi connectivity index (χ3n) is 4.40. The summed E-state index contributed by atoms with van der Waals surface area (Å²) in [7, 11) is 0. The van der Waals surface area contributed by atoms with Gasteiger partial charge in [0.1, 0.15) is 11.6 Å². The Morgan fingerprint density at radius 2 is 1.58 bits per heavy atom. The molecule has 26 heavy (non-hydrogen) atoms. The molecular weight excluding hydrogens is 338 g/mol. The number of rotatable bonds is 4. The van der Waals surface area contributed by atoms with Gasteiger partial charge in [-0.05, 0) is 35.9 Å². The van der Waals surface area contributed by atoms with Gasteiger partial charge in [-0.25, -0.2) is 13.5 Å². The van der Waals surface area contributed by atoms with E-state index < -0.39 is 11.6 Å². The third-order valence-corrected chi connectivity index (χ3v) is 4.40. The third kappa shape index (κ3) is 3.70. The summed E-state index contributed by atoms with van der Waals surface area (Å²) >= 11 is 0. The zero-order valence-electron chi connectivity index (χ0n) is 14.1. The molecule has 0 unspecified atom stereocenters. The van der Waals surface area contributed by atoms with Gasteiger partial charge >= 0.3 is 0 Å². The van der Waals surface area contributed by atoms with Crippen LogP contribution in [-0.2, 0) is 6.54 Å². The Morgan fingerprint density at radius 1 is 0.885 bits per heavy atom. The van der Waals surface area contributed by atoms with Crippen molar-refractivity contribution in [2.45, 2.75) is 6.54 Å². The van der Waals surface area contributed by atoms with E-state index in [1.807, 2.05) is 24.4 Å². The van der Waals surface area contributed by atoms with E-state index >= 15 is 0 Å². The predicted molar refractivity (Wildman–Crippen MR) is 93.0 cm³/mol. The number of nitrogens with zero attached hydrogens (tertiary/aromatic N) is 6. The highest BCUT2D eigenvalue weighted by molar-refractivity contribution is 5.40. The average Bonchev–Trinajstić information content (AvgIpc) is 3.16. The van der Waals surface area contributed by atoms with Gasteiger partial charge in [-0.1, -0.05) is 0 Å². The topological polar surface area (TPSA) is 50.1 Å². The van der Waals surface area contributed by atoms with Crippen molar-refractivity contribution in [3.63, 3.8) is 0 Å². The lowest BCUT2D eigenvalue weighted by molar-refractivity contribution is 0.248. The van der Waals surface area contributed by atoms with Crippen LogP contribution in [-0.4, -0.2) is 51.1 Å². The molecular formula is C18H18F2N6. The van der Waals surface area contributed by atoms with Crippen LogP contribution in [0.25, 0.3) is 5.82 Å². The second kappa shape index (κ2) is 7.17. The maximum absolute atomic E-state index is 13.3. The van der Waals surface area contributed by atoms with Crippen LogP contribution in [0.1, 0.15) is 5.56 Å². The highest BCUT2D eigenvalue weighted by atomic mass is 19.1. The molecule has 1 aliphatic heterocycles. The molecule has 8 heteroatoms. The van der Waals surface area contributed by atoms with Crippen LogP contribution < -0.4 is 4.90 Å². The van der Waals surface area contributed by atoms with Crippen molar-refractivity contribution in [2.24, 2.45) is 0 Å². The summed E-state index contributed by atoms with van der Waals surface area (Å²) in [4.78, 5) is 4.33. The van der Waals surface area contributed by atoms with Crippen LogP contribution in [0.3, 0.4) is 0 Å². The van der Waals surface area contributed by atoms with E-state index in [0.29, 0.717) is 17.9 Å². The molecule has 1 aromatic carbocycles. The number of hydrogen-bond donors (Lipinski definition) is 0. The minimum absolute atomic E-state index is 0.534. The van der Waals surface area contributed by atoms with Crippen molar-refractivity contribution < 1.29 is 8.78 Å². The lowest BCUT2D eigenvalue weighted by Gasteiger charge is -2.35. The first kappa shape index (κ1) is 16.6. The van der Waals surface area contributed by atoms with E-state index in [1.165, 1.54) is 12.1 Å². The number of halogens is 2. The smallest absolute Gasteiger partial charge is 0.175 e. The van der Waals surface area contributed by atoms with Crippen molar-refractivity contribution in [3.8, 4) is 5.82 Å². The molecule has 0 atom stereocenters. The van der Waals surface area contributed by atoms with Crippen LogP contribution >= 0.6 is 0 Å². The second-order valence-electron chi connectivity index (χ2n) is 6.24. The molecule has 1 aliphatic rings. The first-order chi connectivity index (χ1) is 12.7. The number of piperazine rings is 1. The van der Waals surface area contributed by atoms with E-state index in [1.54, 1.807) is 10.9 Å². The van der Waals surface area contributed by atoms with Gasteiger partial charge in [-0.3, -0.25) is 4.90 Å². The Bertz CT molecular complexity index is 838. The Kier molecular flexibility index (Phi) is 4.57. The standard InChI is InChI=1S/C18H18F2N6/c19-15-10-14(11-16(20)12-15)13-24-6-8-25(9-7-24)17-2-3-18(23-22-17)26-5-1-4-21-26/h1-5,10-12H,6-9,13H2. The fraction of sp³-hybridized carbons (Fsp3) is 0.278. The SMILES string of the molecule is Fc1cc(F)cc(CN2CCN(c3ccc(-n4cccn4)nn3)CC2)c1. The van der Waals surface area contributed by atoms with E-state index in [-0.39, 0.29) is 0 Å². The van der Waals surface area contributed by atoms with E-state index in [2.05, 4.69) is 25.1 Å². The molecule has 2 aromatic heterocycles. The van der Waals surface area contributed by atoms with Gasteiger partial charge in [-0.2, -0.15) is 5.10 Å². The molecule has 0 aliphatic carbocycles. The van der Waals surface area contributed by atoms with Crippen molar-refractivity contribution >= 4 is 5.82 Å². The quantitative estimate of drug-likeness (QED) is 0.718. The maximum atomic E-state index is 13.3. The molecule has 0 saturated carbocycles. The fourth-order valence-corrected chi connectivity index (χ4v) is 3.11. The first-order valence-electron chi connectivity index (χ1n) is 8.43. The normalized spacial score (nSPS) is 15.4. The van der Waals surface area contributed by atoms with Gasteiger partial charge in [0, 0.05) is 51.2 Å². The largest absolute Gasteiger partial charge is 0.353 e. The number of hydrogen-bond acceptors (Lipinski definition) is 5. The summed E-state index contributed by atoms with van der Waals surface area (Å²) in [6.45, 7) is 3.69. The molecule has 134 valence electrons. The number of aromatic nitrogens is 4. The lowest BCUT2D eigenvalue weighted by Crippen LogP contribution is -2.46. The van der Waals surface area contributed by atoms with Crippen LogP contribution in [0.2, 0.25) is 0 Å². The molecule has 0 amide bonds. The molecule has 6 nitrogen and oxygen atoms in total. The first-order valence-corrected chi connectivity index (χ1v) is 8.43. The molecule has 3 aromatic rings. The number of anilines is 1. The summed E-state index contributed by atoms with van der Waals surface area (Å²) in [6, 6.07) is 9.31. The summed E-state index contributed by atoms with van der Waals surface area (Å²) in [5, 5.41) is 12.6. The zero-order valence-corrected chi connectivity index (χ0v) is 14.1. The molecule has 1 fully saturated rings. The molecule has 4 rings (SSSR count). The summed E-state index contributed by atoms with van der Waals surface area (Å²) in [5.74, 6) is 0.417. The molecule has 0 bridgehead atoms. The maximum Gasteiger partial charge on any atom is 0.175 e. The lowest BCUT2D eigenvalue weighted by atomic mass is 10.2. The Labute approximate surface area is 149 Å². The molecule has 3 heterocycles. The van der Waals surface area contributed by atoms with E-state index in [0.717, 1.165) is 38.1 Å². The highest BCUT2D eigenvalue weighted by Crippen LogP contribution is 2.16. The molecule has 0 spiro atoms. The minimum Gasteiger partial charge on any atom is -0.353 e. The van der Waals surface area contributed by atoms with Crippen LogP contribution in [0.15, 0.2) is 48.8 Å². The second-order valence-corrected chi connectivity index (χ2v) is 6.24. The van der Waals surface area contributed by atoms with Gasteiger partial charge in [0.15, 0.2) is 11.6 Å². The monoisotopic (exact) mass is 356 g/mol. The predicted octanol–water partition coefficient (Wildman–Crippen LogP) is 2.26. The van der Waals surface area contributed by atoms with Gasteiger partial charge in [0.25, 0.3) is 0 Å². The van der Waals surface area contributed by atoms with Crippen molar-refractivity contribution in [3.05, 3.63) is 66.0 Å². The molecule has 1 saturated heterocycles. The highest BCUT2D eigenvalue weighted by Gasteiger charge is 2.19. The molecule has 0 N–H and O–H groups in total. The van der Waals surface area contributed by atoms with E-state index in [4.69, 9.17) is 0 Å². The Morgan fingerprint density at radius 3 is 2.19 bits per heavy atom. The minimum atomic E-state index is -0.536. The number of benzene rings is 1. The molecule has 0 radical (unpaired) electrons. The summed E-state index contributed by atoms with van der Waals surface area (Å²) < 4.78 is 28.3. The van der Waals surface area contributed by atoms with Gasteiger partial charge < -0.3 is 4.90 Å². The van der Waals surface area contributed by atoms with Crippen LogP contribution in [0.5, 0.6) is 0 Å². The average molecular weight is 356 g/mol. The van der Waals surface area contributed by atoms with Crippen LogP contribution in [0.4, 0.5) is 14.6 Å². The zero-order chi connectivity index (χ0) is 17.9. The fourth-order valence-electron chi connectivity index (χ4n) is 3.11. The van der Waals surface area contributed by atoms with Gasteiger partial charge in [0.05, 0.1) is 0 Å². The Balaban J connectivity index is 1.36. The van der Waals surface area contributed by atoms with Gasteiger partial charge in [0.2, 0.25) is 0 Å². The van der Waals surface area contributed by atoms with Gasteiger partial charge in [-0.15, -0.1) is 10.2 Å². The summed E-state index contributed by atoms with van der Waals surface area (Å²) in [6.07, 6.45) is 3.51. The van der Waals surface area contributed by atoms with Crippen molar-refractivity contribution in [1.29, 1.82) is 0 Å². The summed E-state index contributed by atoms with van der Waals surface area (Å²) in [5.41, 5.74) is 0.652. The van der Waals surface area contributed by atoms with Crippen molar-refractivity contribution in [1.82, 2.24) is 24.9 Å². The van der Waals surface area contributed by atoms with Crippen LogP contribution in [0, 0.1) is 11.6 Å². The Hall–Kier alpha value is -2.87. The van der Waals surface area contributed by atoms with E-state index in [9.17, 15) is 8.78 Å². The van der Waals surface area contributed by atoms with Crippen molar-refractivity contribution in [2.75, 3.05) is 31.1 Å².